The SMILES string of the molecule is N#CC1=C(N)Oc2n[nH]c(-c3cccs3)c2C1c1cn(-c2ccccc2)nc1C12CC3CC(CC(C3)C1)C2. The molecule has 3 N–H and O–H groups in total. The second kappa shape index (κ2) is 8.08. The molecule has 38 heavy (non-hydrogen) atoms. The van der Waals surface area contributed by atoms with E-state index in [1.54, 1.807) is 11.3 Å². The predicted octanol–water partition coefficient (Wildman–Crippen LogP) is 6.01. The van der Waals surface area contributed by atoms with Crippen LogP contribution in [-0.2, 0) is 5.41 Å². The number of nitrogens with one attached hydrogen (secondary N) is 1. The second-order valence-corrected chi connectivity index (χ2v) is 12.6. The summed E-state index contributed by atoms with van der Waals surface area (Å²) in [6.45, 7) is 0. The van der Waals surface area contributed by atoms with E-state index in [1.807, 2.05) is 34.3 Å². The Bertz CT molecular complexity index is 1570. The Morgan fingerprint density at radius 2 is 1.79 bits per heavy atom. The molecule has 4 fully saturated rings. The van der Waals surface area contributed by atoms with Crippen molar-refractivity contribution in [2.24, 2.45) is 23.5 Å². The first-order valence-electron chi connectivity index (χ1n) is 13.5. The maximum absolute atomic E-state index is 10.4. The molecule has 4 aromatic rings. The van der Waals surface area contributed by atoms with Gasteiger partial charge in [0.25, 0.3) is 0 Å². The maximum Gasteiger partial charge on any atom is 0.244 e. The number of benzene rings is 1. The van der Waals surface area contributed by atoms with E-state index in [0.717, 1.165) is 50.8 Å². The Morgan fingerprint density at radius 3 is 2.45 bits per heavy atom. The fraction of sp³-hybridized carbons (Fsp3) is 0.367. The van der Waals surface area contributed by atoms with Crippen molar-refractivity contribution in [3.8, 4) is 28.2 Å². The van der Waals surface area contributed by atoms with Gasteiger partial charge in [0.05, 0.1) is 33.4 Å². The number of aromatic amines is 1. The minimum Gasteiger partial charge on any atom is -0.420 e. The monoisotopic (exact) mass is 520 g/mol. The van der Waals surface area contributed by atoms with Crippen LogP contribution >= 0.6 is 11.3 Å². The summed E-state index contributed by atoms with van der Waals surface area (Å²) < 4.78 is 7.92. The number of allylic oxidation sites excluding steroid dienone is 1. The van der Waals surface area contributed by atoms with Gasteiger partial charge in [0.15, 0.2) is 0 Å². The van der Waals surface area contributed by atoms with E-state index in [-0.39, 0.29) is 11.3 Å². The summed E-state index contributed by atoms with van der Waals surface area (Å²) in [5.41, 5.74) is 11.8. The lowest BCUT2D eigenvalue weighted by atomic mass is 9.48. The molecule has 190 valence electrons. The number of H-pyrrole nitrogens is 1. The van der Waals surface area contributed by atoms with E-state index in [0.29, 0.717) is 11.5 Å². The van der Waals surface area contributed by atoms with Crippen LogP contribution in [0.2, 0.25) is 0 Å². The first-order chi connectivity index (χ1) is 18.6. The van der Waals surface area contributed by atoms with Crippen LogP contribution in [0.1, 0.15) is 61.3 Å². The molecule has 0 spiro atoms. The number of hydrogen-bond acceptors (Lipinski definition) is 6. The highest BCUT2D eigenvalue weighted by atomic mass is 32.1. The van der Waals surface area contributed by atoms with Crippen LogP contribution in [-0.4, -0.2) is 20.0 Å². The highest BCUT2D eigenvalue weighted by molar-refractivity contribution is 7.13. The molecule has 5 aliphatic rings. The lowest BCUT2D eigenvalue weighted by Gasteiger charge is -2.56. The van der Waals surface area contributed by atoms with Crippen molar-refractivity contribution in [2.75, 3.05) is 0 Å². The molecule has 7 nitrogen and oxygen atoms in total. The molecular weight excluding hydrogens is 492 g/mol. The Hall–Kier alpha value is -3.83. The van der Waals surface area contributed by atoms with Gasteiger partial charge in [-0.15, -0.1) is 16.4 Å². The van der Waals surface area contributed by atoms with Gasteiger partial charge in [0.1, 0.15) is 11.6 Å². The molecule has 4 heterocycles. The quantitative estimate of drug-likeness (QED) is 0.343. The molecular formula is C30H28N6OS. The molecule has 8 heteroatoms. The van der Waals surface area contributed by atoms with E-state index in [2.05, 4.69) is 40.7 Å². The summed E-state index contributed by atoms with van der Waals surface area (Å²) in [6.07, 6.45) is 9.75. The highest BCUT2D eigenvalue weighted by Gasteiger charge is 2.54. The minimum absolute atomic E-state index is 0.0325. The van der Waals surface area contributed by atoms with Gasteiger partial charge in [-0.25, -0.2) is 4.68 Å². The Morgan fingerprint density at radius 1 is 1.05 bits per heavy atom. The van der Waals surface area contributed by atoms with E-state index >= 15 is 0 Å². The average molecular weight is 521 g/mol. The van der Waals surface area contributed by atoms with Crippen LogP contribution < -0.4 is 10.5 Å². The second-order valence-electron chi connectivity index (χ2n) is 11.6. The van der Waals surface area contributed by atoms with Crippen molar-refractivity contribution < 1.29 is 4.74 Å². The Balaban J connectivity index is 1.38. The number of para-hydroxylation sites is 1. The van der Waals surface area contributed by atoms with Crippen LogP contribution in [0.5, 0.6) is 5.88 Å². The Kier molecular flexibility index (Phi) is 4.72. The molecule has 0 radical (unpaired) electrons. The average Bonchev–Trinajstić information content (AvgIpc) is 3.67. The number of ether oxygens (including phenoxy) is 1. The van der Waals surface area contributed by atoms with Gasteiger partial charge in [0, 0.05) is 17.2 Å². The third kappa shape index (κ3) is 3.18. The van der Waals surface area contributed by atoms with Crippen molar-refractivity contribution in [1.82, 2.24) is 20.0 Å². The smallest absolute Gasteiger partial charge is 0.244 e. The molecule has 1 unspecified atom stereocenters. The summed E-state index contributed by atoms with van der Waals surface area (Å²) in [6, 6.07) is 16.8. The molecule has 1 atom stereocenters. The number of thiophene rings is 1. The van der Waals surface area contributed by atoms with Crippen LogP contribution in [0.3, 0.4) is 0 Å². The molecule has 3 aromatic heterocycles. The molecule has 0 saturated heterocycles. The first-order valence-corrected chi connectivity index (χ1v) is 14.3. The molecule has 1 aliphatic heterocycles. The fourth-order valence-corrected chi connectivity index (χ4v) is 9.02. The van der Waals surface area contributed by atoms with Gasteiger partial charge in [-0.3, -0.25) is 5.10 Å². The normalized spacial score (nSPS) is 29.2. The predicted molar refractivity (Wildman–Crippen MR) is 145 cm³/mol. The molecule has 0 amide bonds. The molecule has 9 rings (SSSR count). The fourth-order valence-electron chi connectivity index (χ4n) is 8.29. The number of nitrogens with two attached hydrogens (primary N) is 1. The maximum atomic E-state index is 10.4. The van der Waals surface area contributed by atoms with Crippen LogP contribution in [0.4, 0.5) is 0 Å². The van der Waals surface area contributed by atoms with Gasteiger partial charge >= 0.3 is 0 Å². The first kappa shape index (κ1) is 22.2. The zero-order chi connectivity index (χ0) is 25.4. The molecule has 1 aromatic carbocycles. The third-order valence-electron chi connectivity index (χ3n) is 9.32. The zero-order valence-electron chi connectivity index (χ0n) is 20.9. The van der Waals surface area contributed by atoms with Gasteiger partial charge in [-0.2, -0.15) is 10.4 Å². The summed E-state index contributed by atoms with van der Waals surface area (Å²) in [5, 5.41) is 25.5. The largest absolute Gasteiger partial charge is 0.420 e. The van der Waals surface area contributed by atoms with Gasteiger partial charge < -0.3 is 10.5 Å². The molecule has 4 bridgehead atoms. The van der Waals surface area contributed by atoms with E-state index < -0.39 is 5.92 Å². The molecule has 4 saturated carbocycles. The van der Waals surface area contributed by atoms with Crippen molar-refractivity contribution in [3.05, 3.63) is 82.3 Å². The number of aromatic nitrogens is 4. The topological polar surface area (TPSA) is 106 Å². The molecule has 4 aliphatic carbocycles. The van der Waals surface area contributed by atoms with Gasteiger partial charge in [-0.05, 0) is 79.9 Å². The van der Waals surface area contributed by atoms with E-state index in [4.69, 9.17) is 15.6 Å². The van der Waals surface area contributed by atoms with Gasteiger partial charge in [0.2, 0.25) is 11.8 Å². The van der Waals surface area contributed by atoms with Crippen molar-refractivity contribution in [1.29, 1.82) is 5.26 Å². The number of nitrogens with zero attached hydrogens (tertiary/aromatic N) is 4. The number of rotatable bonds is 4. The number of nitriles is 1. The Labute approximate surface area is 224 Å². The van der Waals surface area contributed by atoms with E-state index in [1.165, 1.54) is 38.5 Å². The minimum atomic E-state index is -0.403. The summed E-state index contributed by atoms with van der Waals surface area (Å²) in [7, 11) is 0. The summed E-state index contributed by atoms with van der Waals surface area (Å²) >= 11 is 1.64. The summed E-state index contributed by atoms with van der Waals surface area (Å²) in [5.74, 6) is 2.48. The van der Waals surface area contributed by atoms with Crippen LogP contribution in [0.15, 0.2) is 65.5 Å². The van der Waals surface area contributed by atoms with Crippen LogP contribution in [0, 0.1) is 29.1 Å². The van der Waals surface area contributed by atoms with Gasteiger partial charge in [-0.1, -0.05) is 24.3 Å². The summed E-state index contributed by atoms with van der Waals surface area (Å²) in [4.78, 5) is 1.05. The van der Waals surface area contributed by atoms with Crippen molar-refractivity contribution in [2.45, 2.75) is 49.9 Å². The third-order valence-corrected chi connectivity index (χ3v) is 10.2. The van der Waals surface area contributed by atoms with E-state index in [9.17, 15) is 5.26 Å². The standard InChI is InChI=1S/C30H28N6OS/c31-15-21-24(25-26(23-7-4-8-38-23)33-34-29(25)37-28(21)32)22-16-36(20-5-2-1-3-6-20)35-27(22)30-12-17-9-18(13-30)11-19(10-17)14-30/h1-8,16-19,24H,9-14,32H2,(H,33,34). The lowest BCUT2D eigenvalue weighted by Crippen LogP contribution is -2.49. The van der Waals surface area contributed by atoms with Crippen molar-refractivity contribution in [3.63, 3.8) is 0 Å². The van der Waals surface area contributed by atoms with Crippen molar-refractivity contribution >= 4 is 11.3 Å². The zero-order valence-corrected chi connectivity index (χ0v) is 21.7. The number of hydrogen-bond donors (Lipinski definition) is 2. The number of fused-ring (bicyclic) bond motifs is 1. The van der Waals surface area contributed by atoms with Crippen LogP contribution in [0.25, 0.3) is 16.3 Å². The lowest BCUT2D eigenvalue weighted by molar-refractivity contribution is -0.00777. The highest BCUT2D eigenvalue weighted by Crippen LogP contribution is 2.62.